The highest BCUT2D eigenvalue weighted by Gasteiger charge is 2.51. The zero-order chi connectivity index (χ0) is 38.6. The number of benzene rings is 8. The molecule has 0 unspecified atom stereocenters. The van der Waals surface area contributed by atoms with E-state index in [0.717, 1.165) is 61.6 Å². The summed E-state index contributed by atoms with van der Waals surface area (Å²) in [6, 6.07) is 69.0. The van der Waals surface area contributed by atoms with Crippen molar-refractivity contribution in [1.29, 1.82) is 5.26 Å². The molecule has 58 heavy (non-hydrogen) atoms. The Morgan fingerprint density at radius 1 is 0.345 bits per heavy atom. The quantitative estimate of drug-likeness (QED) is 0.176. The molecule has 0 fully saturated rings. The van der Waals surface area contributed by atoms with Crippen LogP contribution < -0.4 is 4.74 Å². The van der Waals surface area contributed by atoms with Crippen molar-refractivity contribution in [1.82, 2.24) is 15.0 Å². The third-order valence-corrected chi connectivity index (χ3v) is 11.5. The Balaban J connectivity index is 1.10. The van der Waals surface area contributed by atoms with Crippen LogP contribution in [-0.2, 0) is 5.41 Å². The predicted molar refractivity (Wildman–Crippen MR) is 229 cm³/mol. The fourth-order valence-electron chi connectivity index (χ4n) is 8.86. The van der Waals surface area contributed by atoms with Gasteiger partial charge < -0.3 is 4.74 Å². The Kier molecular flexibility index (Phi) is 7.70. The van der Waals surface area contributed by atoms with E-state index in [0.29, 0.717) is 23.0 Å². The topological polar surface area (TPSA) is 71.7 Å². The van der Waals surface area contributed by atoms with Crippen LogP contribution in [0, 0.1) is 11.3 Å². The molecular formula is C53H32N4O. The Bertz CT molecular complexity index is 2980. The van der Waals surface area contributed by atoms with Crippen molar-refractivity contribution in [3.8, 4) is 85.1 Å². The van der Waals surface area contributed by atoms with Crippen molar-refractivity contribution in [2.45, 2.75) is 5.41 Å². The zero-order valence-corrected chi connectivity index (χ0v) is 31.2. The van der Waals surface area contributed by atoms with E-state index in [9.17, 15) is 5.26 Å². The van der Waals surface area contributed by atoms with Crippen LogP contribution in [0.4, 0.5) is 0 Å². The molecule has 0 N–H and O–H groups in total. The van der Waals surface area contributed by atoms with Crippen molar-refractivity contribution in [2.24, 2.45) is 0 Å². The smallest absolute Gasteiger partial charge is 0.164 e. The van der Waals surface area contributed by atoms with E-state index in [1.807, 2.05) is 84.9 Å². The fourth-order valence-corrected chi connectivity index (χ4v) is 8.86. The molecule has 5 heteroatoms. The van der Waals surface area contributed by atoms with Crippen LogP contribution in [0.1, 0.15) is 27.8 Å². The first kappa shape index (κ1) is 33.4. The molecule has 1 aromatic heterocycles. The average molecular weight is 741 g/mol. The van der Waals surface area contributed by atoms with E-state index in [1.165, 1.54) is 22.3 Å². The van der Waals surface area contributed by atoms with Gasteiger partial charge in [-0.1, -0.05) is 182 Å². The van der Waals surface area contributed by atoms with Crippen molar-refractivity contribution >= 4 is 0 Å². The van der Waals surface area contributed by atoms with Crippen LogP contribution in [0.25, 0.3) is 67.5 Å². The van der Waals surface area contributed by atoms with Gasteiger partial charge in [0.2, 0.25) is 0 Å². The lowest BCUT2D eigenvalue weighted by Gasteiger charge is -2.40. The first-order chi connectivity index (χ1) is 28.7. The van der Waals surface area contributed by atoms with Gasteiger partial charge in [0.15, 0.2) is 17.5 Å². The minimum atomic E-state index is -0.638. The van der Waals surface area contributed by atoms with Crippen molar-refractivity contribution in [2.75, 3.05) is 0 Å². The lowest BCUT2D eigenvalue weighted by molar-refractivity contribution is 0.440. The molecule has 8 aromatic carbocycles. The molecule has 0 amide bonds. The fraction of sp³-hybridized carbons (Fsp3) is 0.0189. The third kappa shape index (κ3) is 5.13. The van der Waals surface area contributed by atoms with E-state index in [2.05, 4.69) is 115 Å². The molecule has 2 aliphatic rings. The SMILES string of the molecule is N#Cc1ccc(-c2cccc3c2Oc2c(-c4ccc(-c5nc(-c6ccccc6)nc(-c6ccccc6)n5)cc4)cccc2C32c3ccccc3-c3ccccc32)cc1. The maximum atomic E-state index is 9.58. The molecule has 0 atom stereocenters. The normalized spacial score (nSPS) is 12.7. The van der Waals surface area contributed by atoms with Crippen LogP contribution in [0.3, 0.4) is 0 Å². The predicted octanol–water partition coefficient (Wildman–Crippen LogP) is 12.5. The highest BCUT2D eigenvalue weighted by atomic mass is 16.5. The van der Waals surface area contributed by atoms with Gasteiger partial charge in [-0.3, -0.25) is 0 Å². The van der Waals surface area contributed by atoms with Crippen molar-refractivity contribution < 1.29 is 4.74 Å². The van der Waals surface area contributed by atoms with Crippen LogP contribution in [0.15, 0.2) is 194 Å². The summed E-state index contributed by atoms with van der Waals surface area (Å²) in [7, 11) is 0. The summed E-state index contributed by atoms with van der Waals surface area (Å²) >= 11 is 0. The summed E-state index contributed by atoms with van der Waals surface area (Å²) < 4.78 is 7.27. The Hall–Kier alpha value is -7.94. The standard InChI is InChI=1S/C53H32N4O/c54-33-34-25-27-35(28-26-34)40-19-11-23-46-48(40)58-49-41(20-12-24-47(49)53(46)44-21-9-7-17-42(44)43-18-8-10-22-45(43)53)36-29-31-39(32-30-36)52-56-50(37-13-3-1-4-14-37)55-51(57-52)38-15-5-2-6-16-38/h1-32H. The molecule has 0 radical (unpaired) electrons. The van der Waals surface area contributed by atoms with Crippen LogP contribution >= 0.6 is 0 Å². The molecule has 0 saturated carbocycles. The molecule has 5 nitrogen and oxygen atoms in total. The molecule has 2 heterocycles. The average Bonchev–Trinajstić information content (AvgIpc) is 3.60. The minimum Gasteiger partial charge on any atom is -0.455 e. The maximum absolute atomic E-state index is 9.58. The number of hydrogen-bond acceptors (Lipinski definition) is 5. The molecule has 1 aliphatic carbocycles. The second-order valence-electron chi connectivity index (χ2n) is 14.6. The van der Waals surface area contributed by atoms with Crippen LogP contribution in [0.5, 0.6) is 11.5 Å². The number of nitriles is 1. The first-order valence-electron chi connectivity index (χ1n) is 19.3. The highest BCUT2D eigenvalue weighted by molar-refractivity contribution is 5.92. The van der Waals surface area contributed by atoms with Gasteiger partial charge in [0, 0.05) is 38.9 Å². The summed E-state index contributed by atoms with van der Waals surface area (Å²) in [5, 5.41) is 9.58. The Morgan fingerprint density at radius 2 is 0.707 bits per heavy atom. The van der Waals surface area contributed by atoms with E-state index in [1.54, 1.807) is 0 Å². The summed E-state index contributed by atoms with van der Waals surface area (Å²) in [4.78, 5) is 14.8. The lowest BCUT2D eigenvalue weighted by atomic mass is 9.65. The Labute approximate surface area is 336 Å². The van der Waals surface area contributed by atoms with Gasteiger partial charge in [0.1, 0.15) is 11.5 Å². The van der Waals surface area contributed by atoms with E-state index in [-0.39, 0.29) is 0 Å². The number of para-hydroxylation sites is 2. The number of rotatable bonds is 5. The van der Waals surface area contributed by atoms with Gasteiger partial charge in [-0.2, -0.15) is 5.26 Å². The zero-order valence-electron chi connectivity index (χ0n) is 31.2. The molecular weight excluding hydrogens is 709 g/mol. The van der Waals surface area contributed by atoms with E-state index < -0.39 is 5.41 Å². The Morgan fingerprint density at radius 3 is 1.17 bits per heavy atom. The van der Waals surface area contributed by atoms with Gasteiger partial charge >= 0.3 is 0 Å². The van der Waals surface area contributed by atoms with Gasteiger partial charge in [-0.15, -0.1) is 0 Å². The lowest BCUT2D eigenvalue weighted by Crippen LogP contribution is -2.32. The minimum absolute atomic E-state index is 0.602. The molecule has 9 aromatic rings. The molecule has 1 spiro atoms. The first-order valence-corrected chi connectivity index (χ1v) is 19.3. The van der Waals surface area contributed by atoms with E-state index >= 15 is 0 Å². The maximum Gasteiger partial charge on any atom is 0.164 e. The molecule has 0 saturated heterocycles. The van der Waals surface area contributed by atoms with Crippen LogP contribution in [-0.4, -0.2) is 15.0 Å². The number of aromatic nitrogens is 3. The van der Waals surface area contributed by atoms with Gasteiger partial charge in [0.25, 0.3) is 0 Å². The second-order valence-corrected chi connectivity index (χ2v) is 14.6. The second kappa shape index (κ2) is 13.4. The highest BCUT2D eigenvalue weighted by Crippen LogP contribution is 2.64. The largest absolute Gasteiger partial charge is 0.455 e. The number of nitrogens with zero attached hydrogens (tertiary/aromatic N) is 4. The summed E-state index contributed by atoms with van der Waals surface area (Å²) in [6.45, 7) is 0. The van der Waals surface area contributed by atoms with Gasteiger partial charge in [-0.25, -0.2) is 15.0 Å². The number of fused-ring (bicyclic) bond motifs is 9. The number of hydrogen-bond donors (Lipinski definition) is 0. The molecule has 11 rings (SSSR count). The van der Waals surface area contributed by atoms with Crippen molar-refractivity contribution in [3.05, 3.63) is 222 Å². The van der Waals surface area contributed by atoms with Gasteiger partial charge in [-0.05, 0) is 45.5 Å². The third-order valence-electron chi connectivity index (χ3n) is 11.5. The monoisotopic (exact) mass is 740 g/mol. The molecule has 270 valence electrons. The van der Waals surface area contributed by atoms with E-state index in [4.69, 9.17) is 19.7 Å². The summed E-state index contributed by atoms with van der Waals surface area (Å²) in [5.41, 5.74) is 13.7. The van der Waals surface area contributed by atoms with Crippen molar-refractivity contribution in [3.63, 3.8) is 0 Å². The molecule has 0 bridgehead atoms. The van der Waals surface area contributed by atoms with Gasteiger partial charge in [0.05, 0.1) is 17.0 Å². The number of ether oxygens (including phenoxy) is 1. The molecule has 1 aliphatic heterocycles. The van der Waals surface area contributed by atoms with Crippen LogP contribution in [0.2, 0.25) is 0 Å². The summed E-state index contributed by atoms with van der Waals surface area (Å²) in [6.07, 6.45) is 0. The summed E-state index contributed by atoms with van der Waals surface area (Å²) in [5.74, 6) is 3.47.